The molecular weight excluding hydrogens is 274 g/mol. The Balaban J connectivity index is 1.99. The van der Waals surface area contributed by atoms with Crippen molar-refractivity contribution in [1.29, 1.82) is 0 Å². The van der Waals surface area contributed by atoms with Gasteiger partial charge in [0.15, 0.2) is 0 Å². The van der Waals surface area contributed by atoms with Crippen molar-refractivity contribution < 1.29 is 9.90 Å². The summed E-state index contributed by atoms with van der Waals surface area (Å²) < 4.78 is 0. The van der Waals surface area contributed by atoms with Crippen LogP contribution in [0.1, 0.15) is 42.5 Å². The van der Waals surface area contributed by atoms with Gasteiger partial charge in [-0.15, -0.1) is 0 Å². The molecule has 0 saturated carbocycles. The summed E-state index contributed by atoms with van der Waals surface area (Å²) >= 11 is 0. The van der Waals surface area contributed by atoms with E-state index in [1.165, 1.54) is 22.3 Å². The molecule has 3 nitrogen and oxygen atoms in total. The summed E-state index contributed by atoms with van der Waals surface area (Å²) in [4.78, 5) is 10.9. The van der Waals surface area contributed by atoms with Gasteiger partial charge < -0.3 is 10.4 Å². The molecule has 1 aliphatic rings. The van der Waals surface area contributed by atoms with Gasteiger partial charge in [0, 0.05) is 0 Å². The number of benzene rings is 2. The minimum atomic E-state index is -0.946. The first-order chi connectivity index (χ1) is 10.7. The number of fused-ring (bicyclic) bond motifs is 1. The maximum Gasteiger partial charge on any atom is 0.405 e. The van der Waals surface area contributed by atoms with Crippen LogP contribution in [0, 0.1) is 0 Å². The SMILES string of the molecule is CCc1ccccc1-c1ccc2c(c1)CCCC2NC(=O)O. The number of aryl methyl sites for hydroxylation is 2. The van der Waals surface area contributed by atoms with Crippen molar-refractivity contribution in [1.82, 2.24) is 5.32 Å². The Bertz CT molecular complexity index is 694. The molecule has 0 aliphatic heterocycles. The van der Waals surface area contributed by atoms with Gasteiger partial charge in [-0.25, -0.2) is 4.79 Å². The summed E-state index contributed by atoms with van der Waals surface area (Å²) in [6, 6.07) is 14.9. The lowest BCUT2D eigenvalue weighted by Crippen LogP contribution is -2.29. The Morgan fingerprint density at radius 1 is 1.27 bits per heavy atom. The van der Waals surface area contributed by atoms with Crippen LogP contribution in [0.15, 0.2) is 42.5 Å². The first kappa shape index (κ1) is 14.6. The van der Waals surface area contributed by atoms with E-state index in [1.807, 2.05) is 0 Å². The van der Waals surface area contributed by atoms with Crippen LogP contribution in [-0.4, -0.2) is 11.2 Å². The zero-order chi connectivity index (χ0) is 15.5. The Kier molecular flexibility index (Phi) is 4.14. The third-order valence-corrected chi connectivity index (χ3v) is 4.46. The van der Waals surface area contributed by atoms with Gasteiger partial charge in [-0.1, -0.05) is 49.4 Å². The first-order valence-corrected chi connectivity index (χ1v) is 7.89. The van der Waals surface area contributed by atoms with Gasteiger partial charge in [-0.3, -0.25) is 0 Å². The third-order valence-electron chi connectivity index (χ3n) is 4.46. The fourth-order valence-electron chi connectivity index (χ4n) is 3.39. The molecule has 2 N–H and O–H groups in total. The molecule has 0 saturated heterocycles. The number of hydrogen-bond donors (Lipinski definition) is 2. The minimum Gasteiger partial charge on any atom is -0.465 e. The molecule has 0 heterocycles. The van der Waals surface area contributed by atoms with E-state index in [4.69, 9.17) is 5.11 Å². The fraction of sp³-hybridized carbons (Fsp3) is 0.316. The Hall–Kier alpha value is -2.29. The van der Waals surface area contributed by atoms with Crippen LogP contribution in [0.25, 0.3) is 11.1 Å². The topological polar surface area (TPSA) is 49.3 Å². The van der Waals surface area contributed by atoms with Crippen LogP contribution in [0.5, 0.6) is 0 Å². The van der Waals surface area contributed by atoms with Crippen molar-refractivity contribution in [3.05, 3.63) is 59.2 Å². The van der Waals surface area contributed by atoms with E-state index in [0.717, 1.165) is 31.2 Å². The molecule has 2 aromatic carbocycles. The predicted molar refractivity (Wildman–Crippen MR) is 88.1 cm³/mol. The smallest absolute Gasteiger partial charge is 0.405 e. The lowest BCUT2D eigenvalue weighted by Gasteiger charge is -2.26. The molecule has 0 radical (unpaired) electrons. The summed E-state index contributed by atoms with van der Waals surface area (Å²) in [7, 11) is 0. The Morgan fingerprint density at radius 2 is 2.09 bits per heavy atom. The molecule has 1 unspecified atom stereocenters. The fourth-order valence-corrected chi connectivity index (χ4v) is 3.39. The van der Waals surface area contributed by atoms with Gasteiger partial charge in [0.05, 0.1) is 6.04 Å². The molecule has 1 aliphatic carbocycles. The van der Waals surface area contributed by atoms with Gasteiger partial charge in [-0.2, -0.15) is 0 Å². The number of carbonyl (C=O) groups is 1. The molecule has 0 bridgehead atoms. The van der Waals surface area contributed by atoms with Crippen LogP contribution < -0.4 is 5.32 Å². The van der Waals surface area contributed by atoms with E-state index in [-0.39, 0.29) is 6.04 Å². The number of amides is 1. The van der Waals surface area contributed by atoms with E-state index in [9.17, 15) is 4.79 Å². The molecule has 0 aromatic heterocycles. The van der Waals surface area contributed by atoms with E-state index in [1.54, 1.807) is 0 Å². The molecule has 3 rings (SSSR count). The van der Waals surface area contributed by atoms with Gasteiger partial charge in [0.25, 0.3) is 0 Å². The van der Waals surface area contributed by atoms with Crippen molar-refractivity contribution in [3.8, 4) is 11.1 Å². The summed E-state index contributed by atoms with van der Waals surface area (Å²) in [5.74, 6) is 0. The van der Waals surface area contributed by atoms with Crippen molar-refractivity contribution in [2.24, 2.45) is 0 Å². The second kappa shape index (κ2) is 6.22. The van der Waals surface area contributed by atoms with Gasteiger partial charge in [0.2, 0.25) is 0 Å². The normalized spacial score (nSPS) is 16.9. The van der Waals surface area contributed by atoms with Crippen LogP contribution in [-0.2, 0) is 12.8 Å². The second-order valence-electron chi connectivity index (χ2n) is 5.82. The predicted octanol–water partition coefficient (Wildman–Crippen LogP) is 4.56. The molecule has 22 heavy (non-hydrogen) atoms. The average Bonchev–Trinajstić information content (AvgIpc) is 2.54. The molecule has 114 valence electrons. The maximum atomic E-state index is 10.9. The van der Waals surface area contributed by atoms with E-state index < -0.39 is 6.09 Å². The van der Waals surface area contributed by atoms with Gasteiger partial charge in [0.1, 0.15) is 0 Å². The molecule has 2 aromatic rings. The Labute approximate surface area is 131 Å². The maximum absolute atomic E-state index is 10.9. The minimum absolute atomic E-state index is 0.0725. The standard InChI is InChI=1S/C19H21NO2/c1-2-13-6-3-4-8-16(13)15-10-11-17-14(12-15)7-5-9-18(17)20-19(21)22/h3-4,6,8,10-12,18,20H,2,5,7,9H2,1H3,(H,21,22). The molecule has 0 spiro atoms. The molecule has 3 heteroatoms. The monoisotopic (exact) mass is 295 g/mol. The quantitative estimate of drug-likeness (QED) is 0.872. The zero-order valence-corrected chi connectivity index (χ0v) is 12.8. The van der Waals surface area contributed by atoms with Crippen molar-refractivity contribution >= 4 is 6.09 Å². The number of carboxylic acid groups (broad SMARTS) is 1. The van der Waals surface area contributed by atoms with Crippen molar-refractivity contribution in [3.63, 3.8) is 0 Å². The molecule has 0 fully saturated rings. The summed E-state index contributed by atoms with van der Waals surface area (Å²) in [5.41, 5.74) is 6.26. The Morgan fingerprint density at radius 3 is 2.86 bits per heavy atom. The van der Waals surface area contributed by atoms with Crippen molar-refractivity contribution in [2.75, 3.05) is 0 Å². The number of nitrogens with one attached hydrogen (secondary N) is 1. The molecule has 1 atom stereocenters. The van der Waals surface area contributed by atoms with Crippen molar-refractivity contribution in [2.45, 2.75) is 38.6 Å². The van der Waals surface area contributed by atoms with Crippen LogP contribution in [0.4, 0.5) is 4.79 Å². The highest BCUT2D eigenvalue weighted by Crippen LogP contribution is 2.34. The zero-order valence-electron chi connectivity index (χ0n) is 12.8. The first-order valence-electron chi connectivity index (χ1n) is 7.89. The second-order valence-corrected chi connectivity index (χ2v) is 5.82. The van der Waals surface area contributed by atoms with Gasteiger partial charge in [-0.05, 0) is 53.5 Å². The highest BCUT2D eigenvalue weighted by atomic mass is 16.4. The lowest BCUT2D eigenvalue weighted by molar-refractivity contribution is 0.188. The van der Waals surface area contributed by atoms with Crippen LogP contribution in [0.3, 0.4) is 0 Å². The van der Waals surface area contributed by atoms with Crippen LogP contribution >= 0.6 is 0 Å². The van der Waals surface area contributed by atoms with Crippen LogP contribution in [0.2, 0.25) is 0 Å². The summed E-state index contributed by atoms with van der Waals surface area (Å²) in [6.07, 6.45) is 2.99. The molecule has 1 amide bonds. The summed E-state index contributed by atoms with van der Waals surface area (Å²) in [5, 5.41) is 11.6. The third kappa shape index (κ3) is 2.84. The highest BCUT2D eigenvalue weighted by molar-refractivity contribution is 5.69. The largest absolute Gasteiger partial charge is 0.465 e. The summed E-state index contributed by atoms with van der Waals surface area (Å²) in [6.45, 7) is 2.17. The number of rotatable bonds is 3. The molecular formula is C19H21NO2. The van der Waals surface area contributed by atoms with E-state index in [0.29, 0.717) is 0 Å². The van der Waals surface area contributed by atoms with Gasteiger partial charge >= 0.3 is 6.09 Å². The van der Waals surface area contributed by atoms with E-state index >= 15 is 0 Å². The lowest BCUT2D eigenvalue weighted by atomic mass is 9.85. The number of hydrogen-bond acceptors (Lipinski definition) is 1. The van der Waals surface area contributed by atoms with E-state index in [2.05, 4.69) is 54.7 Å². The highest BCUT2D eigenvalue weighted by Gasteiger charge is 2.22. The average molecular weight is 295 g/mol.